The maximum Gasteiger partial charge on any atom is 0.238 e. The molecule has 1 unspecified atom stereocenters. The number of halogens is 1. The van der Waals surface area contributed by atoms with Gasteiger partial charge in [-0.05, 0) is 41.8 Å². The average Bonchev–Trinajstić information content (AvgIpc) is 2.56. The lowest BCUT2D eigenvalue weighted by Crippen LogP contribution is -2.33. The molecule has 140 valence electrons. The number of amides is 1. The van der Waals surface area contributed by atoms with E-state index in [9.17, 15) is 13.2 Å². The molecule has 0 aliphatic heterocycles. The summed E-state index contributed by atoms with van der Waals surface area (Å²) < 4.78 is 22.8. The summed E-state index contributed by atoms with van der Waals surface area (Å²) in [7, 11) is -3.82. The van der Waals surface area contributed by atoms with Crippen molar-refractivity contribution in [3.63, 3.8) is 0 Å². The van der Waals surface area contributed by atoms with Gasteiger partial charge in [-0.25, -0.2) is 13.6 Å². The van der Waals surface area contributed by atoms with Crippen molar-refractivity contribution in [3.05, 3.63) is 59.1 Å². The van der Waals surface area contributed by atoms with Crippen molar-refractivity contribution in [2.75, 3.05) is 11.9 Å². The van der Waals surface area contributed by atoms with E-state index < -0.39 is 10.0 Å². The molecule has 0 aliphatic carbocycles. The van der Waals surface area contributed by atoms with Crippen molar-refractivity contribution in [3.8, 4) is 0 Å². The molecule has 0 saturated carbocycles. The molecule has 2 aromatic carbocycles. The summed E-state index contributed by atoms with van der Waals surface area (Å²) in [5.41, 5.74) is 1.41. The first-order valence-corrected chi connectivity index (χ1v) is 10.0. The zero-order valence-corrected chi connectivity index (χ0v) is 16.1. The fourth-order valence-corrected chi connectivity index (χ4v) is 3.25. The van der Waals surface area contributed by atoms with Gasteiger partial charge in [0.1, 0.15) is 0 Å². The van der Waals surface area contributed by atoms with Gasteiger partial charge in [0.05, 0.1) is 11.4 Å². The molecule has 0 spiro atoms. The molecule has 2 aromatic rings. The van der Waals surface area contributed by atoms with Gasteiger partial charge in [0.15, 0.2) is 0 Å². The maximum absolute atomic E-state index is 12.2. The van der Waals surface area contributed by atoms with E-state index >= 15 is 0 Å². The van der Waals surface area contributed by atoms with Gasteiger partial charge in [-0.2, -0.15) is 0 Å². The van der Waals surface area contributed by atoms with E-state index in [0.29, 0.717) is 10.7 Å². The Balaban J connectivity index is 2.02. The van der Waals surface area contributed by atoms with Crippen molar-refractivity contribution in [2.45, 2.75) is 24.8 Å². The minimum atomic E-state index is -3.82. The molecule has 8 heteroatoms. The van der Waals surface area contributed by atoms with Crippen molar-refractivity contribution in [1.29, 1.82) is 0 Å². The van der Waals surface area contributed by atoms with Crippen molar-refractivity contribution in [1.82, 2.24) is 5.32 Å². The largest absolute Gasteiger partial charge is 0.325 e. The first-order chi connectivity index (χ1) is 12.2. The van der Waals surface area contributed by atoms with Crippen LogP contribution in [-0.4, -0.2) is 20.9 Å². The van der Waals surface area contributed by atoms with E-state index in [2.05, 4.69) is 24.5 Å². The van der Waals surface area contributed by atoms with Gasteiger partial charge in [-0.15, -0.1) is 0 Å². The molecule has 0 aliphatic rings. The molecule has 0 radical (unpaired) electrons. The third-order valence-electron chi connectivity index (χ3n) is 3.82. The Hall–Kier alpha value is -1.93. The second-order valence-electron chi connectivity index (χ2n) is 6.28. The molecule has 0 aromatic heterocycles. The Bertz CT molecular complexity index is 868. The van der Waals surface area contributed by atoms with Crippen LogP contribution in [0.3, 0.4) is 0 Å². The summed E-state index contributed by atoms with van der Waals surface area (Å²) in [4.78, 5) is 12.2. The molecule has 0 saturated heterocycles. The van der Waals surface area contributed by atoms with E-state index in [1.54, 1.807) is 6.07 Å². The number of benzene rings is 2. The van der Waals surface area contributed by atoms with Gasteiger partial charge in [0.2, 0.25) is 15.9 Å². The Morgan fingerprint density at radius 2 is 1.81 bits per heavy atom. The third kappa shape index (κ3) is 5.81. The normalized spacial score (nSPS) is 12.8. The second kappa shape index (κ2) is 8.64. The number of anilines is 1. The lowest BCUT2D eigenvalue weighted by Gasteiger charge is -2.23. The Morgan fingerprint density at radius 3 is 2.38 bits per heavy atom. The molecule has 1 amide bonds. The Labute approximate surface area is 158 Å². The fraction of sp³-hybridized carbons (Fsp3) is 0.278. The van der Waals surface area contributed by atoms with Crippen LogP contribution in [0.4, 0.5) is 5.69 Å². The van der Waals surface area contributed by atoms with Gasteiger partial charge in [0, 0.05) is 16.8 Å². The number of hydrogen-bond donors (Lipinski definition) is 3. The molecule has 0 bridgehead atoms. The van der Waals surface area contributed by atoms with Crippen LogP contribution in [0.15, 0.2) is 53.4 Å². The predicted octanol–water partition coefficient (Wildman–Crippen LogP) is 2.91. The molecule has 0 fully saturated rings. The van der Waals surface area contributed by atoms with Crippen LogP contribution in [-0.2, 0) is 14.8 Å². The summed E-state index contributed by atoms with van der Waals surface area (Å²) >= 11 is 5.92. The van der Waals surface area contributed by atoms with Gasteiger partial charge in [-0.3, -0.25) is 4.79 Å². The molecule has 26 heavy (non-hydrogen) atoms. The molecule has 1 atom stereocenters. The highest BCUT2D eigenvalue weighted by molar-refractivity contribution is 7.89. The lowest BCUT2D eigenvalue weighted by atomic mass is 9.96. The fourth-order valence-electron chi connectivity index (χ4n) is 2.57. The van der Waals surface area contributed by atoms with Crippen molar-refractivity contribution < 1.29 is 13.2 Å². The highest BCUT2D eigenvalue weighted by Gasteiger charge is 2.17. The van der Waals surface area contributed by atoms with E-state index in [4.69, 9.17) is 16.7 Å². The van der Waals surface area contributed by atoms with E-state index in [1.165, 1.54) is 18.2 Å². The van der Waals surface area contributed by atoms with Crippen LogP contribution in [0.5, 0.6) is 0 Å². The summed E-state index contributed by atoms with van der Waals surface area (Å²) in [5, 5.41) is 11.6. The number of primary sulfonamides is 1. The minimum absolute atomic E-state index is 0.0197. The summed E-state index contributed by atoms with van der Waals surface area (Å²) in [6.45, 7) is 4.19. The van der Waals surface area contributed by atoms with Gasteiger partial charge >= 0.3 is 0 Å². The number of rotatable bonds is 7. The first kappa shape index (κ1) is 20.4. The number of nitrogens with one attached hydrogen (secondary N) is 2. The Kier molecular flexibility index (Phi) is 6.77. The SMILES string of the molecule is CC(C)C(NCC(=O)Nc1cccc(S(N)(=O)=O)c1)c1ccc(Cl)cc1. The topological polar surface area (TPSA) is 101 Å². The summed E-state index contributed by atoms with van der Waals surface area (Å²) in [6.07, 6.45) is 0. The second-order valence-corrected chi connectivity index (χ2v) is 8.27. The number of hydrogen-bond acceptors (Lipinski definition) is 4. The standard InChI is InChI=1S/C18H22ClN3O3S/c1-12(2)18(13-6-8-14(19)9-7-13)21-11-17(23)22-15-4-3-5-16(10-15)26(20,24)25/h3-10,12,18,21H,11H2,1-2H3,(H,22,23)(H2,20,24,25). The molecule has 2 rings (SSSR count). The highest BCUT2D eigenvalue weighted by atomic mass is 35.5. The van der Waals surface area contributed by atoms with Crippen LogP contribution in [0.1, 0.15) is 25.5 Å². The number of carbonyl (C=O) groups is 1. The smallest absolute Gasteiger partial charge is 0.238 e. The predicted molar refractivity (Wildman–Crippen MR) is 103 cm³/mol. The average molecular weight is 396 g/mol. The van der Waals surface area contributed by atoms with E-state index in [-0.39, 0.29) is 29.3 Å². The van der Waals surface area contributed by atoms with Crippen LogP contribution in [0.2, 0.25) is 5.02 Å². The van der Waals surface area contributed by atoms with Crippen LogP contribution < -0.4 is 15.8 Å². The quantitative estimate of drug-likeness (QED) is 0.670. The summed E-state index contributed by atoms with van der Waals surface area (Å²) in [6, 6.07) is 13.3. The first-order valence-electron chi connectivity index (χ1n) is 8.08. The molecular formula is C18H22ClN3O3S. The Morgan fingerprint density at radius 1 is 1.15 bits per heavy atom. The molecular weight excluding hydrogens is 374 g/mol. The third-order valence-corrected chi connectivity index (χ3v) is 4.99. The maximum atomic E-state index is 12.2. The van der Waals surface area contributed by atoms with Crippen molar-refractivity contribution in [2.24, 2.45) is 11.1 Å². The van der Waals surface area contributed by atoms with Crippen LogP contribution in [0.25, 0.3) is 0 Å². The minimum Gasteiger partial charge on any atom is -0.325 e. The van der Waals surface area contributed by atoms with Gasteiger partial charge < -0.3 is 10.6 Å². The zero-order chi connectivity index (χ0) is 19.3. The van der Waals surface area contributed by atoms with Gasteiger partial charge in [0.25, 0.3) is 0 Å². The molecule has 4 N–H and O–H groups in total. The van der Waals surface area contributed by atoms with E-state index in [1.807, 2.05) is 24.3 Å². The highest BCUT2D eigenvalue weighted by Crippen LogP contribution is 2.23. The van der Waals surface area contributed by atoms with Crippen LogP contribution in [0, 0.1) is 5.92 Å². The van der Waals surface area contributed by atoms with Crippen LogP contribution >= 0.6 is 11.6 Å². The zero-order valence-electron chi connectivity index (χ0n) is 14.6. The number of nitrogens with two attached hydrogens (primary N) is 1. The summed E-state index contributed by atoms with van der Waals surface area (Å²) in [5.74, 6) is -0.0223. The lowest BCUT2D eigenvalue weighted by molar-refractivity contribution is -0.115. The van der Waals surface area contributed by atoms with E-state index in [0.717, 1.165) is 5.56 Å². The molecule has 6 nitrogen and oxygen atoms in total. The van der Waals surface area contributed by atoms with Gasteiger partial charge in [-0.1, -0.05) is 43.6 Å². The number of sulfonamides is 1. The van der Waals surface area contributed by atoms with Crippen molar-refractivity contribution >= 4 is 33.2 Å². The number of carbonyl (C=O) groups excluding carboxylic acids is 1. The molecule has 0 heterocycles. The monoisotopic (exact) mass is 395 g/mol.